The fourth-order valence-electron chi connectivity index (χ4n) is 3.89. The molecule has 2 N–H and O–H groups in total. The highest BCUT2D eigenvalue weighted by Crippen LogP contribution is 2.40. The van der Waals surface area contributed by atoms with E-state index < -0.39 is 6.04 Å². The van der Waals surface area contributed by atoms with Crippen LogP contribution in [0.2, 0.25) is 10.0 Å². The number of halogens is 3. The van der Waals surface area contributed by atoms with Crippen LogP contribution in [0.4, 0.5) is 16.0 Å². The quantitative estimate of drug-likeness (QED) is 0.277. The summed E-state index contributed by atoms with van der Waals surface area (Å²) in [6.07, 6.45) is 3.19. The van der Waals surface area contributed by atoms with Gasteiger partial charge in [0.05, 0.1) is 17.5 Å². The summed E-state index contributed by atoms with van der Waals surface area (Å²) in [7, 11) is 0. The van der Waals surface area contributed by atoms with Gasteiger partial charge in [0.15, 0.2) is 0 Å². The summed E-state index contributed by atoms with van der Waals surface area (Å²) in [6, 6.07) is 14.5. The van der Waals surface area contributed by atoms with Crippen LogP contribution in [-0.2, 0) is 10.5 Å². The van der Waals surface area contributed by atoms with Gasteiger partial charge >= 0.3 is 0 Å². The lowest BCUT2D eigenvalue weighted by Gasteiger charge is -2.29. The summed E-state index contributed by atoms with van der Waals surface area (Å²) in [5.41, 5.74) is 2.74. The van der Waals surface area contributed by atoms with Gasteiger partial charge in [-0.25, -0.2) is 9.07 Å². The molecule has 0 saturated heterocycles. The minimum Gasteiger partial charge on any atom is -0.328 e. The van der Waals surface area contributed by atoms with Crippen LogP contribution in [-0.4, -0.2) is 25.7 Å². The molecule has 2 aromatic heterocycles. The van der Waals surface area contributed by atoms with Crippen molar-refractivity contribution in [2.24, 2.45) is 0 Å². The van der Waals surface area contributed by atoms with Gasteiger partial charge in [-0.15, -0.1) is 5.10 Å². The molecule has 36 heavy (non-hydrogen) atoms. The third kappa shape index (κ3) is 4.95. The first-order valence-corrected chi connectivity index (χ1v) is 12.6. The Hall–Kier alpha value is -3.40. The lowest BCUT2D eigenvalue weighted by molar-refractivity contribution is -0.113. The summed E-state index contributed by atoms with van der Waals surface area (Å²) < 4.78 is 15.7. The van der Waals surface area contributed by atoms with E-state index in [0.717, 1.165) is 0 Å². The number of aromatic nitrogens is 4. The Morgan fingerprint density at radius 3 is 2.78 bits per heavy atom. The zero-order chi connectivity index (χ0) is 25.2. The van der Waals surface area contributed by atoms with Gasteiger partial charge < -0.3 is 10.6 Å². The summed E-state index contributed by atoms with van der Waals surface area (Å²) >= 11 is 14.0. The normalized spacial score (nSPS) is 14.8. The Kier molecular flexibility index (Phi) is 6.95. The first-order valence-electron chi connectivity index (χ1n) is 10.9. The third-order valence-electron chi connectivity index (χ3n) is 5.57. The zero-order valence-corrected chi connectivity index (χ0v) is 21.2. The number of amides is 1. The average Bonchev–Trinajstić information content (AvgIpc) is 3.26. The number of carbonyl (C=O) groups excluding carboxylic acids is 1. The van der Waals surface area contributed by atoms with Crippen molar-refractivity contribution < 1.29 is 9.18 Å². The van der Waals surface area contributed by atoms with Crippen LogP contribution in [0.5, 0.6) is 0 Å². The molecule has 0 spiro atoms. The van der Waals surface area contributed by atoms with Gasteiger partial charge in [-0.3, -0.25) is 9.78 Å². The van der Waals surface area contributed by atoms with Crippen molar-refractivity contribution in [2.45, 2.75) is 23.9 Å². The van der Waals surface area contributed by atoms with E-state index in [9.17, 15) is 9.18 Å². The van der Waals surface area contributed by atoms with Gasteiger partial charge in [-0.05, 0) is 42.8 Å². The maximum atomic E-state index is 14.1. The largest absolute Gasteiger partial charge is 0.328 e. The predicted octanol–water partition coefficient (Wildman–Crippen LogP) is 6.34. The Morgan fingerprint density at radius 2 is 2.03 bits per heavy atom. The van der Waals surface area contributed by atoms with Crippen molar-refractivity contribution in [1.82, 2.24) is 19.7 Å². The molecule has 0 radical (unpaired) electrons. The monoisotopic (exact) mass is 540 g/mol. The molecule has 3 heterocycles. The Labute approximate surface area is 220 Å². The van der Waals surface area contributed by atoms with Crippen LogP contribution in [0, 0.1) is 5.82 Å². The number of pyridine rings is 1. The second-order valence-corrected chi connectivity index (χ2v) is 9.76. The Morgan fingerprint density at radius 1 is 1.19 bits per heavy atom. The van der Waals surface area contributed by atoms with Crippen LogP contribution in [0.3, 0.4) is 0 Å². The minimum absolute atomic E-state index is 0.287. The molecule has 182 valence electrons. The first kappa shape index (κ1) is 24.3. The van der Waals surface area contributed by atoms with E-state index >= 15 is 0 Å². The molecule has 1 aliphatic heterocycles. The second kappa shape index (κ2) is 10.3. The van der Waals surface area contributed by atoms with E-state index in [4.69, 9.17) is 23.2 Å². The van der Waals surface area contributed by atoms with Gasteiger partial charge in [0.2, 0.25) is 11.1 Å². The summed E-state index contributed by atoms with van der Waals surface area (Å²) in [5, 5.41) is 12.0. The predicted molar refractivity (Wildman–Crippen MR) is 140 cm³/mol. The van der Waals surface area contributed by atoms with E-state index in [2.05, 4.69) is 25.7 Å². The molecular weight excluding hydrogens is 522 g/mol. The molecule has 5 rings (SSSR count). The van der Waals surface area contributed by atoms with Gasteiger partial charge in [0.25, 0.3) is 5.91 Å². The maximum Gasteiger partial charge on any atom is 0.255 e. The van der Waals surface area contributed by atoms with E-state index in [1.807, 2.05) is 0 Å². The third-order valence-corrected chi connectivity index (χ3v) is 7.02. The Balaban J connectivity index is 1.52. The van der Waals surface area contributed by atoms with Crippen molar-refractivity contribution in [3.8, 4) is 0 Å². The molecule has 0 bridgehead atoms. The van der Waals surface area contributed by atoms with Crippen LogP contribution in [0.1, 0.15) is 24.1 Å². The number of carbonyl (C=O) groups is 1. The highest BCUT2D eigenvalue weighted by Gasteiger charge is 2.35. The molecular formula is C25H19Cl2FN6OS. The van der Waals surface area contributed by atoms with Crippen molar-refractivity contribution in [2.75, 3.05) is 10.6 Å². The second-order valence-electron chi connectivity index (χ2n) is 7.97. The van der Waals surface area contributed by atoms with E-state index in [0.29, 0.717) is 55.0 Å². The van der Waals surface area contributed by atoms with Crippen LogP contribution in [0.25, 0.3) is 0 Å². The van der Waals surface area contributed by atoms with Crippen LogP contribution < -0.4 is 10.6 Å². The minimum atomic E-state index is -0.682. The topological polar surface area (TPSA) is 84.7 Å². The molecule has 4 aromatic rings. The standard InChI is InChI=1S/C25H19Cl2FN6OS/c1-14-21(23(35)31-17-6-4-10-29-12-17)22(18-9-8-16(26)11-19(18)27)34-24(30-14)32-25(33-34)36-13-15-5-2-3-7-20(15)28/h2-12,22H,13H2,1H3,(H,31,35)(H,30,32,33). The summed E-state index contributed by atoms with van der Waals surface area (Å²) in [5.74, 6) is 0.163. The van der Waals surface area contributed by atoms with Crippen molar-refractivity contribution in [1.29, 1.82) is 0 Å². The molecule has 7 nitrogen and oxygen atoms in total. The number of nitrogens with zero attached hydrogens (tertiary/aromatic N) is 4. The SMILES string of the molecule is CC1=C(C(=O)Nc2cccnc2)C(c2ccc(Cl)cc2Cl)n2nc(SCc3ccccc3F)nc2N1. The molecule has 0 fully saturated rings. The first-order chi connectivity index (χ1) is 17.4. The molecule has 1 aliphatic rings. The molecule has 0 aliphatic carbocycles. The number of rotatable bonds is 6. The molecule has 11 heteroatoms. The number of hydrogen-bond acceptors (Lipinski definition) is 6. The zero-order valence-electron chi connectivity index (χ0n) is 18.9. The molecule has 1 atom stereocenters. The molecule has 1 unspecified atom stereocenters. The number of nitrogens with one attached hydrogen (secondary N) is 2. The van der Waals surface area contributed by atoms with Crippen LogP contribution in [0.15, 0.2) is 83.4 Å². The fraction of sp³-hybridized carbons (Fsp3) is 0.120. The number of anilines is 2. The number of fused-ring (bicyclic) bond motifs is 1. The van der Waals surface area contributed by atoms with Crippen LogP contribution >= 0.6 is 35.0 Å². The van der Waals surface area contributed by atoms with Crippen molar-refractivity contribution in [3.05, 3.63) is 105 Å². The lowest BCUT2D eigenvalue weighted by atomic mass is 9.95. The smallest absolute Gasteiger partial charge is 0.255 e. The lowest BCUT2D eigenvalue weighted by Crippen LogP contribution is -2.31. The molecule has 2 aromatic carbocycles. The van der Waals surface area contributed by atoms with Gasteiger partial charge in [0, 0.05) is 33.3 Å². The average molecular weight is 541 g/mol. The van der Waals surface area contributed by atoms with Crippen molar-refractivity contribution in [3.63, 3.8) is 0 Å². The van der Waals surface area contributed by atoms with E-state index in [1.54, 1.807) is 72.5 Å². The van der Waals surface area contributed by atoms with Gasteiger partial charge in [0.1, 0.15) is 11.9 Å². The van der Waals surface area contributed by atoms with E-state index in [1.165, 1.54) is 17.8 Å². The van der Waals surface area contributed by atoms with Crippen molar-refractivity contribution >= 4 is 52.5 Å². The van der Waals surface area contributed by atoms with E-state index in [-0.39, 0.29) is 11.7 Å². The number of benzene rings is 2. The molecule has 0 saturated carbocycles. The maximum absolute atomic E-state index is 14.1. The number of hydrogen-bond donors (Lipinski definition) is 2. The summed E-state index contributed by atoms with van der Waals surface area (Å²) in [6.45, 7) is 1.79. The summed E-state index contributed by atoms with van der Waals surface area (Å²) in [4.78, 5) is 22.1. The number of allylic oxidation sites excluding steroid dienone is 1. The Bertz CT molecular complexity index is 1480. The molecule has 1 amide bonds. The highest BCUT2D eigenvalue weighted by atomic mass is 35.5. The fourth-order valence-corrected chi connectivity index (χ4v) is 5.22. The number of thioether (sulfide) groups is 1. The van der Waals surface area contributed by atoms with Gasteiger partial charge in [-0.2, -0.15) is 4.98 Å². The highest BCUT2D eigenvalue weighted by molar-refractivity contribution is 7.98. The van der Waals surface area contributed by atoms with Gasteiger partial charge in [-0.1, -0.05) is 59.2 Å².